The number of rotatable bonds is 4. The molecule has 0 fully saturated rings. The summed E-state index contributed by atoms with van der Waals surface area (Å²) < 4.78 is 0. The molecule has 0 bridgehead atoms. The van der Waals surface area contributed by atoms with Gasteiger partial charge in [-0.3, -0.25) is 4.99 Å². The minimum Gasteiger partial charge on any atom is -0.296 e. The number of nitrogens with zero attached hydrogens (tertiary/aromatic N) is 1. The molecule has 0 aliphatic heterocycles. The third kappa shape index (κ3) is 4.60. The van der Waals surface area contributed by atoms with Crippen LogP contribution < -0.4 is 0 Å². The van der Waals surface area contributed by atoms with Crippen LogP contribution in [-0.4, -0.2) is 27.7 Å². The van der Waals surface area contributed by atoms with Crippen molar-refractivity contribution in [1.29, 1.82) is 0 Å². The van der Waals surface area contributed by atoms with Crippen LogP contribution in [0.15, 0.2) is 35.3 Å². The van der Waals surface area contributed by atoms with Gasteiger partial charge in [0.15, 0.2) is 0 Å². The first-order chi connectivity index (χ1) is 7.71. The Morgan fingerprint density at radius 3 is 1.76 bits per heavy atom. The summed E-state index contributed by atoms with van der Waals surface area (Å²) in [5.41, 5.74) is 1.22. The maximum Gasteiger partial charge on any atom is 0.0693 e. The van der Waals surface area contributed by atoms with Crippen molar-refractivity contribution in [1.82, 2.24) is 0 Å². The predicted octanol–water partition coefficient (Wildman–Crippen LogP) is 4.23. The van der Waals surface area contributed by atoms with Crippen molar-refractivity contribution in [2.75, 3.05) is 0 Å². The Bertz CT molecular complexity index is 357. The molecular weight excluding hydrogens is 238 g/mol. The van der Waals surface area contributed by atoms with Crippen molar-refractivity contribution in [2.24, 2.45) is 4.99 Å². The Kier molecular flexibility index (Phi) is 4.50. The van der Waals surface area contributed by atoms with E-state index in [1.807, 2.05) is 6.07 Å². The van der Waals surface area contributed by atoms with E-state index in [1.165, 1.54) is 5.56 Å². The molecule has 0 aliphatic carbocycles. The molecule has 0 radical (unpaired) electrons. The average Bonchev–Trinajstić information content (AvgIpc) is 2.15. The lowest BCUT2D eigenvalue weighted by atomic mass is 10.2. The summed E-state index contributed by atoms with van der Waals surface area (Å²) in [6.45, 7) is 14.6. The van der Waals surface area contributed by atoms with E-state index in [2.05, 4.69) is 69.8 Å². The highest BCUT2D eigenvalue weighted by molar-refractivity contribution is 6.96. The Morgan fingerprint density at radius 2 is 1.35 bits per heavy atom. The highest BCUT2D eigenvalue weighted by Crippen LogP contribution is 2.22. The minimum atomic E-state index is -1.21. The Balaban J connectivity index is 2.92. The molecule has 0 heterocycles. The normalized spacial score (nSPS) is 13.6. The molecule has 1 aromatic rings. The zero-order chi connectivity index (χ0) is 13.1. The molecule has 0 amide bonds. The monoisotopic (exact) mass is 263 g/mol. The van der Waals surface area contributed by atoms with Gasteiger partial charge in [-0.05, 0) is 5.56 Å². The van der Waals surface area contributed by atoms with Gasteiger partial charge in [0, 0.05) is 11.5 Å². The van der Waals surface area contributed by atoms with Gasteiger partial charge in [0.1, 0.15) is 0 Å². The molecule has 17 heavy (non-hydrogen) atoms. The van der Waals surface area contributed by atoms with Crippen molar-refractivity contribution in [3.05, 3.63) is 35.9 Å². The third-order valence-corrected chi connectivity index (χ3v) is 11.6. The maximum atomic E-state index is 4.93. The third-order valence-electron chi connectivity index (χ3n) is 2.81. The van der Waals surface area contributed by atoms with E-state index in [4.69, 9.17) is 4.99 Å². The summed E-state index contributed by atoms with van der Waals surface area (Å²) in [6, 6.07) is 10.4. The highest BCUT2D eigenvalue weighted by atomic mass is 28.4. The van der Waals surface area contributed by atoms with Gasteiger partial charge in [-0.15, -0.1) is 0 Å². The number of benzene rings is 1. The summed E-state index contributed by atoms with van der Waals surface area (Å²) in [4.78, 5) is 4.93. The summed E-state index contributed by atoms with van der Waals surface area (Å²) in [6.07, 6.45) is 2.07. The van der Waals surface area contributed by atoms with Gasteiger partial charge in [0.2, 0.25) is 0 Å². The Hall–Kier alpha value is -0.676. The van der Waals surface area contributed by atoms with Crippen LogP contribution in [-0.2, 0) is 0 Å². The molecule has 1 nitrogen and oxygen atoms in total. The van der Waals surface area contributed by atoms with Crippen LogP contribution >= 0.6 is 0 Å². The van der Waals surface area contributed by atoms with Crippen LogP contribution in [0.3, 0.4) is 0 Å². The lowest BCUT2D eigenvalue weighted by Crippen LogP contribution is -2.52. The summed E-state index contributed by atoms with van der Waals surface area (Å²) in [5.74, 6) is 0. The van der Waals surface area contributed by atoms with E-state index in [0.29, 0.717) is 5.29 Å². The summed E-state index contributed by atoms with van der Waals surface area (Å²) in [5, 5.41) is 0.593. The van der Waals surface area contributed by atoms with Crippen LogP contribution in [0.25, 0.3) is 0 Å². The average molecular weight is 264 g/mol. The number of aliphatic imine (C=N–C) groups is 1. The summed E-state index contributed by atoms with van der Waals surface area (Å²) >= 11 is 0. The quantitative estimate of drug-likeness (QED) is 0.569. The molecule has 0 saturated carbocycles. The van der Waals surface area contributed by atoms with Crippen LogP contribution in [0.2, 0.25) is 39.3 Å². The van der Waals surface area contributed by atoms with Crippen LogP contribution in [0, 0.1) is 0 Å². The van der Waals surface area contributed by atoms with Crippen LogP contribution in [0.1, 0.15) is 5.56 Å². The largest absolute Gasteiger partial charge is 0.296 e. The molecule has 0 unspecified atom stereocenters. The van der Waals surface area contributed by atoms with E-state index >= 15 is 0 Å². The van der Waals surface area contributed by atoms with Gasteiger partial charge in [0.05, 0.1) is 16.1 Å². The number of hydrogen-bond donors (Lipinski definition) is 0. The second kappa shape index (κ2) is 5.31. The fourth-order valence-electron chi connectivity index (χ4n) is 2.45. The molecule has 0 atom stereocenters. The molecule has 1 rings (SSSR count). The molecule has 0 N–H and O–H groups in total. The topological polar surface area (TPSA) is 12.4 Å². The molecule has 94 valence electrons. The van der Waals surface area contributed by atoms with Crippen LogP contribution in [0.4, 0.5) is 0 Å². The van der Waals surface area contributed by atoms with E-state index in [9.17, 15) is 0 Å². The van der Waals surface area contributed by atoms with Crippen LogP contribution in [0.5, 0.6) is 0 Å². The lowest BCUT2D eigenvalue weighted by molar-refractivity contribution is 1.13. The first-order valence-electron chi connectivity index (χ1n) is 6.29. The van der Waals surface area contributed by atoms with Crippen molar-refractivity contribution in [3.8, 4) is 0 Å². The minimum absolute atomic E-state index is 0.593. The predicted molar refractivity (Wildman–Crippen MR) is 84.5 cm³/mol. The van der Waals surface area contributed by atoms with E-state index in [1.54, 1.807) is 0 Å². The molecule has 1 aromatic carbocycles. The standard InChI is InChI=1S/C14H25NSi2/c1-16(2,3)14(17(4,5)6)15-12-13-10-8-7-9-11-13/h7-12,14H,1-6H3/b15-12-. The van der Waals surface area contributed by atoms with Crippen molar-refractivity contribution < 1.29 is 0 Å². The van der Waals surface area contributed by atoms with E-state index in [-0.39, 0.29) is 0 Å². The molecule has 0 aliphatic rings. The maximum absolute atomic E-state index is 4.93. The fraction of sp³-hybridized carbons (Fsp3) is 0.500. The van der Waals surface area contributed by atoms with E-state index in [0.717, 1.165) is 0 Å². The molecular formula is C14H25NSi2. The highest BCUT2D eigenvalue weighted by Gasteiger charge is 2.36. The summed E-state index contributed by atoms with van der Waals surface area (Å²) in [7, 11) is -2.42. The van der Waals surface area contributed by atoms with Crippen molar-refractivity contribution in [2.45, 2.75) is 44.6 Å². The molecule has 0 saturated heterocycles. The Labute approximate surface area is 108 Å². The first-order valence-corrected chi connectivity index (χ1v) is 13.4. The van der Waals surface area contributed by atoms with Crippen molar-refractivity contribution in [3.63, 3.8) is 0 Å². The molecule has 3 heteroatoms. The van der Waals surface area contributed by atoms with Gasteiger partial charge < -0.3 is 0 Å². The Morgan fingerprint density at radius 1 is 0.882 bits per heavy atom. The zero-order valence-corrected chi connectivity index (χ0v) is 14.0. The second-order valence-electron chi connectivity index (χ2n) is 6.82. The van der Waals surface area contributed by atoms with Gasteiger partial charge >= 0.3 is 0 Å². The lowest BCUT2D eigenvalue weighted by Gasteiger charge is -2.35. The van der Waals surface area contributed by atoms with Gasteiger partial charge in [-0.1, -0.05) is 69.6 Å². The van der Waals surface area contributed by atoms with Gasteiger partial charge in [0.25, 0.3) is 0 Å². The molecule has 0 aromatic heterocycles. The zero-order valence-electron chi connectivity index (χ0n) is 12.0. The number of hydrogen-bond acceptors (Lipinski definition) is 1. The van der Waals surface area contributed by atoms with Gasteiger partial charge in [-0.25, -0.2) is 0 Å². The van der Waals surface area contributed by atoms with Crippen molar-refractivity contribution >= 4 is 22.4 Å². The smallest absolute Gasteiger partial charge is 0.0693 e. The first kappa shape index (κ1) is 14.4. The second-order valence-corrected chi connectivity index (χ2v) is 18.0. The van der Waals surface area contributed by atoms with E-state index < -0.39 is 16.1 Å². The fourth-order valence-corrected chi connectivity index (χ4v) is 13.9. The van der Waals surface area contributed by atoms with Gasteiger partial charge in [-0.2, -0.15) is 0 Å². The SMILES string of the molecule is C[Si](C)(C)C(/N=C\c1ccccc1)[Si](C)(C)C. The molecule has 0 spiro atoms.